The summed E-state index contributed by atoms with van der Waals surface area (Å²) in [5.74, 6) is 0.817. The van der Waals surface area contributed by atoms with Gasteiger partial charge in [-0.1, -0.05) is 30.3 Å². The van der Waals surface area contributed by atoms with E-state index in [1.165, 1.54) is 11.4 Å². The summed E-state index contributed by atoms with van der Waals surface area (Å²) in [7, 11) is 0.562. The number of hydrogen-bond acceptors (Lipinski definition) is 6. The highest BCUT2D eigenvalue weighted by Crippen LogP contribution is 2.24. The van der Waals surface area contributed by atoms with Crippen molar-refractivity contribution in [2.75, 3.05) is 21.3 Å². The molecule has 2 aromatic carbocycles. The number of benzene rings is 2. The van der Waals surface area contributed by atoms with Gasteiger partial charge in [0.25, 0.3) is 0 Å². The van der Waals surface area contributed by atoms with E-state index in [4.69, 9.17) is 14.2 Å². The van der Waals surface area contributed by atoms with Gasteiger partial charge in [-0.25, -0.2) is 8.42 Å². The molecular formula is C24H31NO6S. The molecule has 0 saturated heterocycles. The number of carbonyl (C=O) groups excluding carboxylic acids is 1. The van der Waals surface area contributed by atoms with Gasteiger partial charge >= 0.3 is 5.97 Å². The fourth-order valence-corrected chi connectivity index (χ4v) is 5.11. The largest absolute Gasteiger partial charge is 0.497 e. The topological polar surface area (TPSA) is 82.1 Å². The molecule has 8 heteroatoms. The van der Waals surface area contributed by atoms with E-state index < -0.39 is 21.2 Å². The number of nitrogens with zero attached hydrogens (tertiary/aromatic N) is 1. The second kappa shape index (κ2) is 12.3. The predicted molar refractivity (Wildman–Crippen MR) is 124 cm³/mol. The third-order valence-corrected chi connectivity index (χ3v) is 7.35. The van der Waals surface area contributed by atoms with Crippen molar-refractivity contribution in [3.63, 3.8) is 0 Å². The molecule has 2 aromatic rings. The zero-order chi connectivity index (χ0) is 23.6. The molecule has 0 spiro atoms. The number of sulfonamides is 1. The van der Waals surface area contributed by atoms with E-state index in [2.05, 4.69) is 6.58 Å². The first kappa shape index (κ1) is 25.4. The summed E-state index contributed by atoms with van der Waals surface area (Å²) in [5.41, 5.74) is 1.62. The molecule has 0 N–H and O–H groups in total. The Kier molecular flexibility index (Phi) is 9.74. The molecule has 2 rings (SSSR count). The van der Waals surface area contributed by atoms with Crippen LogP contribution in [0.15, 0.2) is 61.2 Å². The molecule has 0 radical (unpaired) electrons. The van der Waals surface area contributed by atoms with Crippen molar-refractivity contribution >= 4 is 16.0 Å². The van der Waals surface area contributed by atoms with Gasteiger partial charge in [0.15, 0.2) is 0 Å². The second-order valence-electron chi connectivity index (χ2n) is 7.28. The maximum absolute atomic E-state index is 13.7. The van der Waals surface area contributed by atoms with E-state index in [-0.39, 0.29) is 25.9 Å². The van der Waals surface area contributed by atoms with Crippen molar-refractivity contribution in [1.82, 2.24) is 4.31 Å². The quantitative estimate of drug-likeness (QED) is 0.332. The van der Waals surface area contributed by atoms with Crippen LogP contribution in [0, 0.1) is 0 Å². The summed E-state index contributed by atoms with van der Waals surface area (Å²) in [6.07, 6.45) is 2.19. The van der Waals surface area contributed by atoms with Crippen LogP contribution < -0.4 is 9.47 Å². The van der Waals surface area contributed by atoms with Crippen LogP contribution in [0.25, 0.3) is 0 Å². The van der Waals surface area contributed by atoms with Gasteiger partial charge in [-0.2, -0.15) is 4.31 Å². The predicted octanol–water partition coefficient (Wildman–Crippen LogP) is 3.93. The number of methoxy groups -OCH3 is 3. The highest BCUT2D eigenvalue weighted by molar-refractivity contribution is 7.89. The van der Waals surface area contributed by atoms with Crippen molar-refractivity contribution in [3.8, 4) is 11.5 Å². The first-order valence-corrected chi connectivity index (χ1v) is 11.8. The molecule has 32 heavy (non-hydrogen) atoms. The molecule has 0 fully saturated rings. The summed E-state index contributed by atoms with van der Waals surface area (Å²) in [4.78, 5) is 12.0. The summed E-state index contributed by atoms with van der Waals surface area (Å²) in [5, 5.41) is -0.913. The summed E-state index contributed by atoms with van der Waals surface area (Å²) in [6, 6.07) is 14.5. The van der Waals surface area contributed by atoms with Crippen LogP contribution in [-0.4, -0.2) is 45.3 Å². The minimum atomic E-state index is -3.85. The Labute approximate surface area is 190 Å². The number of rotatable bonds is 13. The third kappa shape index (κ3) is 7.10. The third-order valence-electron chi connectivity index (χ3n) is 5.13. The maximum Gasteiger partial charge on any atom is 0.306 e. The first-order chi connectivity index (χ1) is 15.3. The number of esters is 1. The summed E-state index contributed by atoms with van der Waals surface area (Å²) < 4.78 is 43.9. The zero-order valence-corrected chi connectivity index (χ0v) is 19.6. The van der Waals surface area contributed by atoms with E-state index in [9.17, 15) is 13.2 Å². The van der Waals surface area contributed by atoms with Crippen molar-refractivity contribution < 1.29 is 27.4 Å². The molecular weight excluding hydrogens is 430 g/mol. The maximum atomic E-state index is 13.7. The number of allylic oxidation sites excluding steroid dienone is 1. The second-order valence-corrected chi connectivity index (χ2v) is 9.49. The Morgan fingerprint density at radius 2 is 1.41 bits per heavy atom. The first-order valence-electron chi connectivity index (χ1n) is 10.3. The monoisotopic (exact) mass is 461 g/mol. The molecule has 0 amide bonds. The minimum absolute atomic E-state index is 0.157. The molecule has 0 heterocycles. The van der Waals surface area contributed by atoms with Gasteiger partial charge in [0.05, 0.1) is 33.0 Å². The van der Waals surface area contributed by atoms with Gasteiger partial charge in [0.2, 0.25) is 10.0 Å². The molecule has 0 aliphatic heterocycles. The van der Waals surface area contributed by atoms with Gasteiger partial charge in [-0.15, -0.1) is 6.58 Å². The lowest BCUT2D eigenvalue weighted by Crippen LogP contribution is -2.39. The molecule has 1 atom stereocenters. The van der Waals surface area contributed by atoms with Gasteiger partial charge < -0.3 is 14.2 Å². The van der Waals surface area contributed by atoms with Crippen molar-refractivity contribution in [1.29, 1.82) is 0 Å². The fourth-order valence-electron chi connectivity index (χ4n) is 3.25. The molecule has 0 aliphatic rings. The molecule has 0 aliphatic carbocycles. The standard InChI is InChI=1S/C24H31NO6S/c1-5-6-7-23(16-24(26)31-4)32(27,28)25(17-19-8-12-21(29-2)13-9-19)18-20-10-14-22(30-3)15-11-20/h5,8-15,23H,1,6-7,16-18H2,2-4H3/t23-/m0/s1. The average Bonchev–Trinajstić information content (AvgIpc) is 2.81. The van der Waals surface area contributed by atoms with E-state index in [0.29, 0.717) is 17.9 Å². The van der Waals surface area contributed by atoms with E-state index in [1.54, 1.807) is 44.6 Å². The minimum Gasteiger partial charge on any atom is -0.497 e. The lowest BCUT2D eigenvalue weighted by Gasteiger charge is -2.27. The number of hydrogen-bond donors (Lipinski definition) is 0. The Bertz CT molecular complexity index is 921. The molecule has 7 nitrogen and oxygen atoms in total. The Morgan fingerprint density at radius 3 is 1.78 bits per heavy atom. The van der Waals surface area contributed by atoms with Crippen LogP contribution in [0.2, 0.25) is 0 Å². The van der Waals surface area contributed by atoms with Crippen molar-refractivity contribution in [2.24, 2.45) is 0 Å². The Morgan fingerprint density at radius 1 is 0.938 bits per heavy atom. The van der Waals surface area contributed by atoms with E-state index in [1.807, 2.05) is 24.3 Å². The van der Waals surface area contributed by atoms with Gasteiger partial charge in [-0.3, -0.25) is 4.79 Å². The van der Waals surface area contributed by atoms with Crippen LogP contribution in [0.5, 0.6) is 11.5 Å². The molecule has 174 valence electrons. The Hall–Kier alpha value is -2.84. The van der Waals surface area contributed by atoms with Crippen LogP contribution in [0.4, 0.5) is 0 Å². The average molecular weight is 462 g/mol. The highest BCUT2D eigenvalue weighted by Gasteiger charge is 2.34. The van der Waals surface area contributed by atoms with Gasteiger partial charge in [-0.05, 0) is 48.2 Å². The number of carbonyl (C=O) groups is 1. The molecule has 0 aromatic heterocycles. The molecule has 0 unspecified atom stereocenters. The van der Waals surface area contributed by atoms with Crippen LogP contribution in [0.3, 0.4) is 0 Å². The fraction of sp³-hybridized carbons (Fsp3) is 0.375. The molecule has 0 saturated carbocycles. The van der Waals surface area contributed by atoms with Crippen LogP contribution in [-0.2, 0) is 32.6 Å². The van der Waals surface area contributed by atoms with Crippen molar-refractivity contribution in [2.45, 2.75) is 37.6 Å². The normalized spacial score (nSPS) is 12.2. The van der Waals surface area contributed by atoms with E-state index >= 15 is 0 Å². The van der Waals surface area contributed by atoms with Crippen LogP contribution in [0.1, 0.15) is 30.4 Å². The summed E-state index contributed by atoms with van der Waals surface area (Å²) >= 11 is 0. The van der Waals surface area contributed by atoms with Crippen LogP contribution >= 0.6 is 0 Å². The zero-order valence-electron chi connectivity index (χ0n) is 18.8. The highest BCUT2D eigenvalue weighted by atomic mass is 32.2. The van der Waals surface area contributed by atoms with Crippen molar-refractivity contribution in [3.05, 3.63) is 72.3 Å². The molecule has 0 bridgehead atoms. The van der Waals surface area contributed by atoms with Gasteiger partial charge in [0.1, 0.15) is 11.5 Å². The SMILES string of the molecule is C=CCC[C@@H](CC(=O)OC)S(=O)(=O)N(Cc1ccc(OC)cc1)Cc1ccc(OC)cc1. The summed E-state index contributed by atoms with van der Waals surface area (Å²) in [6.45, 7) is 3.99. The Balaban J connectivity index is 2.39. The number of ether oxygens (including phenoxy) is 3. The lowest BCUT2D eigenvalue weighted by molar-refractivity contribution is -0.140. The smallest absolute Gasteiger partial charge is 0.306 e. The van der Waals surface area contributed by atoms with E-state index in [0.717, 1.165) is 11.1 Å². The van der Waals surface area contributed by atoms with Gasteiger partial charge in [0, 0.05) is 13.1 Å². The lowest BCUT2D eigenvalue weighted by atomic mass is 10.2.